The molecule has 6 heteroatoms. The molecule has 1 aromatic carbocycles. The van der Waals surface area contributed by atoms with Crippen LogP contribution in [0, 0.1) is 6.92 Å². The van der Waals surface area contributed by atoms with Crippen molar-refractivity contribution in [3.8, 4) is 5.75 Å². The first-order valence-electron chi connectivity index (χ1n) is 7.25. The number of ether oxygens (including phenoxy) is 2. The van der Waals surface area contributed by atoms with Crippen LogP contribution in [0.5, 0.6) is 5.75 Å². The van der Waals surface area contributed by atoms with E-state index in [-0.39, 0.29) is 11.0 Å². The second-order valence-electron chi connectivity index (χ2n) is 5.25. The zero-order valence-electron chi connectivity index (χ0n) is 12.8. The molecule has 2 rings (SSSR count). The Morgan fingerprint density at radius 1 is 1.38 bits per heavy atom. The quantitative estimate of drug-likeness (QED) is 0.836. The van der Waals surface area contributed by atoms with Crippen molar-refractivity contribution in [2.24, 2.45) is 0 Å². The van der Waals surface area contributed by atoms with Gasteiger partial charge in [-0.1, -0.05) is 6.07 Å². The van der Waals surface area contributed by atoms with E-state index in [0.717, 1.165) is 18.4 Å². The molecule has 1 heterocycles. The molecule has 1 aromatic rings. The summed E-state index contributed by atoms with van der Waals surface area (Å²) in [6.07, 6.45) is 1.68. The molecule has 1 aliphatic heterocycles. The lowest BCUT2D eigenvalue weighted by atomic mass is 10.1. The number of hydrogen-bond donors (Lipinski definition) is 0. The van der Waals surface area contributed by atoms with Crippen LogP contribution in [0.3, 0.4) is 0 Å². The average Bonchev–Trinajstić information content (AvgIpc) is 2.49. The maximum Gasteiger partial charge on any atom is 0.246 e. The van der Waals surface area contributed by atoms with Gasteiger partial charge in [0.1, 0.15) is 10.6 Å². The topological polar surface area (TPSA) is 55.8 Å². The number of sulfonamides is 1. The van der Waals surface area contributed by atoms with Crippen LogP contribution in [0.1, 0.15) is 25.3 Å². The van der Waals surface area contributed by atoms with Gasteiger partial charge in [0.2, 0.25) is 10.0 Å². The lowest BCUT2D eigenvalue weighted by Crippen LogP contribution is -2.42. The van der Waals surface area contributed by atoms with Gasteiger partial charge < -0.3 is 9.47 Å². The number of methoxy groups -OCH3 is 1. The molecule has 0 radical (unpaired) electrons. The first kappa shape index (κ1) is 16.3. The van der Waals surface area contributed by atoms with Crippen LogP contribution in [0.15, 0.2) is 23.1 Å². The zero-order chi connectivity index (χ0) is 15.5. The zero-order valence-corrected chi connectivity index (χ0v) is 13.6. The molecule has 1 unspecified atom stereocenters. The highest BCUT2D eigenvalue weighted by Gasteiger charge is 2.32. The van der Waals surface area contributed by atoms with Crippen LogP contribution < -0.4 is 4.74 Å². The second kappa shape index (κ2) is 6.77. The van der Waals surface area contributed by atoms with Crippen LogP contribution in [-0.2, 0) is 14.8 Å². The minimum Gasteiger partial charge on any atom is -0.492 e. The fourth-order valence-corrected chi connectivity index (χ4v) is 4.27. The van der Waals surface area contributed by atoms with Gasteiger partial charge in [0.15, 0.2) is 0 Å². The third-order valence-corrected chi connectivity index (χ3v) is 5.58. The summed E-state index contributed by atoms with van der Waals surface area (Å²) in [6.45, 7) is 5.09. The summed E-state index contributed by atoms with van der Waals surface area (Å²) in [5.41, 5.74) is 0.900. The van der Waals surface area contributed by atoms with Crippen LogP contribution in [0.25, 0.3) is 0 Å². The van der Waals surface area contributed by atoms with Crippen molar-refractivity contribution in [2.75, 3.05) is 26.8 Å². The van der Waals surface area contributed by atoms with E-state index in [1.807, 2.05) is 19.9 Å². The van der Waals surface area contributed by atoms with E-state index in [1.54, 1.807) is 19.2 Å². The van der Waals surface area contributed by atoms with Crippen molar-refractivity contribution in [3.63, 3.8) is 0 Å². The molecule has 0 saturated carbocycles. The van der Waals surface area contributed by atoms with Crippen molar-refractivity contribution in [2.45, 2.75) is 37.7 Å². The summed E-state index contributed by atoms with van der Waals surface area (Å²) in [5.74, 6) is 0.419. The summed E-state index contributed by atoms with van der Waals surface area (Å²) >= 11 is 0. The molecular formula is C15H23NO4S. The molecule has 0 aromatic heterocycles. The largest absolute Gasteiger partial charge is 0.492 e. The van der Waals surface area contributed by atoms with Crippen molar-refractivity contribution in [1.82, 2.24) is 4.31 Å². The lowest BCUT2D eigenvalue weighted by molar-refractivity contribution is 0.0571. The van der Waals surface area contributed by atoms with Gasteiger partial charge in [-0.15, -0.1) is 0 Å². The molecule has 5 nitrogen and oxygen atoms in total. The van der Waals surface area contributed by atoms with Crippen LogP contribution in [0.2, 0.25) is 0 Å². The van der Waals surface area contributed by atoms with E-state index in [4.69, 9.17) is 9.47 Å². The summed E-state index contributed by atoms with van der Waals surface area (Å²) < 4.78 is 38.1. The van der Waals surface area contributed by atoms with Gasteiger partial charge in [0, 0.05) is 20.2 Å². The number of rotatable bonds is 5. The predicted molar refractivity (Wildman–Crippen MR) is 81.1 cm³/mol. The molecule has 21 heavy (non-hydrogen) atoms. The normalized spacial score (nSPS) is 20.4. The van der Waals surface area contributed by atoms with Crippen LogP contribution >= 0.6 is 0 Å². The van der Waals surface area contributed by atoms with Gasteiger partial charge in [0.05, 0.1) is 12.7 Å². The van der Waals surface area contributed by atoms with Crippen LogP contribution in [0.4, 0.5) is 0 Å². The van der Waals surface area contributed by atoms with Crippen molar-refractivity contribution in [1.29, 1.82) is 0 Å². The molecule has 118 valence electrons. The molecule has 0 amide bonds. The molecule has 0 N–H and O–H groups in total. The molecule has 0 aliphatic carbocycles. The Morgan fingerprint density at radius 3 is 2.81 bits per heavy atom. The van der Waals surface area contributed by atoms with Crippen LogP contribution in [-0.4, -0.2) is 45.6 Å². The Balaban J connectivity index is 2.36. The van der Waals surface area contributed by atoms with Crippen molar-refractivity contribution >= 4 is 10.0 Å². The van der Waals surface area contributed by atoms with Gasteiger partial charge >= 0.3 is 0 Å². The first-order chi connectivity index (χ1) is 9.98. The maximum atomic E-state index is 12.9. The smallest absolute Gasteiger partial charge is 0.246 e. The number of aryl methyl sites for hydroxylation is 1. The average molecular weight is 313 g/mol. The predicted octanol–water partition coefficient (Wildman–Crippen LogP) is 2.19. The van der Waals surface area contributed by atoms with Crippen molar-refractivity contribution < 1.29 is 17.9 Å². The molecule has 0 spiro atoms. The molecule has 1 fully saturated rings. The Bertz CT molecular complexity index is 585. The number of nitrogens with zero attached hydrogens (tertiary/aromatic N) is 1. The Morgan fingerprint density at radius 2 is 2.14 bits per heavy atom. The summed E-state index contributed by atoms with van der Waals surface area (Å²) in [4.78, 5) is 0.251. The SMILES string of the molecule is CCOc1ccc(C)cc1S(=O)(=O)N1CCCC(OC)C1. The highest BCUT2D eigenvalue weighted by Crippen LogP contribution is 2.30. The summed E-state index contributed by atoms with van der Waals surface area (Å²) in [6, 6.07) is 5.26. The van der Waals surface area contributed by atoms with E-state index in [0.29, 0.717) is 25.4 Å². The molecule has 1 saturated heterocycles. The maximum absolute atomic E-state index is 12.9. The first-order valence-corrected chi connectivity index (χ1v) is 8.69. The van der Waals surface area contributed by atoms with E-state index >= 15 is 0 Å². The van der Waals surface area contributed by atoms with E-state index in [9.17, 15) is 8.42 Å². The third kappa shape index (κ3) is 3.56. The van der Waals surface area contributed by atoms with Gasteiger partial charge in [-0.2, -0.15) is 4.31 Å². The fourth-order valence-electron chi connectivity index (χ4n) is 2.55. The van der Waals surface area contributed by atoms with Gasteiger partial charge in [-0.05, 0) is 44.4 Å². The van der Waals surface area contributed by atoms with E-state index in [1.165, 1.54) is 4.31 Å². The molecular weight excluding hydrogens is 290 g/mol. The van der Waals surface area contributed by atoms with Gasteiger partial charge in [-0.3, -0.25) is 0 Å². The highest BCUT2D eigenvalue weighted by molar-refractivity contribution is 7.89. The minimum atomic E-state index is -3.55. The van der Waals surface area contributed by atoms with Gasteiger partial charge in [-0.25, -0.2) is 8.42 Å². The van der Waals surface area contributed by atoms with Gasteiger partial charge in [0.25, 0.3) is 0 Å². The highest BCUT2D eigenvalue weighted by atomic mass is 32.2. The standard InChI is InChI=1S/C15H23NO4S/c1-4-20-14-8-7-12(2)10-15(14)21(17,18)16-9-5-6-13(11-16)19-3/h7-8,10,13H,4-6,9,11H2,1-3H3. The number of piperidine rings is 1. The second-order valence-corrected chi connectivity index (χ2v) is 7.15. The van der Waals surface area contributed by atoms with E-state index in [2.05, 4.69) is 0 Å². The third-order valence-electron chi connectivity index (χ3n) is 3.69. The molecule has 1 atom stereocenters. The Hall–Kier alpha value is -1.11. The summed E-state index contributed by atoms with van der Waals surface area (Å²) in [7, 11) is -1.93. The number of benzene rings is 1. The summed E-state index contributed by atoms with van der Waals surface area (Å²) in [5, 5.41) is 0. The Kier molecular flexibility index (Phi) is 5.24. The Labute approximate surface area is 126 Å². The van der Waals surface area contributed by atoms with E-state index < -0.39 is 10.0 Å². The monoisotopic (exact) mass is 313 g/mol. The fraction of sp³-hybridized carbons (Fsp3) is 0.600. The van der Waals surface area contributed by atoms with Crippen molar-refractivity contribution in [3.05, 3.63) is 23.8 Å². The number of hydrogen-bond acceptors (Lipinski definition) is 4. The molecule has 1 aliphatic rings. The molecule has 0 bridgehead atoms. The minimum absolute atomic E-state index is 0.0334. The lowest BCUT2D eigenvalue weighted by Gasteiger charge is -2.31.